The van der Waals surface area contributed by atoms with Crippen LogP contribution in [-0.4, -0.2) is 53.0 Å². The van der Waals surface area contributed by atoms with Crippen LogP contribution in [0.5, 0.6) is 0 Å². The van der Waals surface area contributed by atoms with Gasteiger partial charge in [-0.25, -0.2) is 9.97 Å². The highest BCUT2D eigenvalue weighted by atomic mass is 32.1. The molecule has 168 valence electrons. The summed E-state index contributed by atoms with van der Waals surface area (Å²) in [5.74, 6) is 0.787. The summed E-state index contributed by atoms with van der Waals surface area (Å²) in [5.41, 5.74) is 8.11. The third-order valence-electron chi connectivity index (χ3n) is 7.33. The molecule has 2 aliphatic rings. The maximum absolute atomic E-state index is 12.0. The first-order valence-electron chi connectivity index (χ1n) is 11.7. The molecule has 2 saturated heterocycles. The molecule has 2 fully saturated rings. The summed E-state index contributed by atoms with van der Waals surface area (Å²) in [7, 11) is 2.23. The van der Waals surface area contributed by atoms with E-state index in [9.17, 15) is 4.79 Å². The fourth-order valence-corrected chi connectivity index (χ4v) is 6.41. The smallest absolute Gasteiger partial charge is 0.220 e. The van der Waals surface area contributed by atoms with Crippen molar-refractivity contribution in [1.82, 2.24) is 14.9 Å². The van der Waals surface area contributed by atoms with Gasteiger partial charge >= 0.3 is 0 Å². The van der Waals surface area contributed by atoms with Crippen LogP contribution >= 0.6 is 11.3 Å². The van der Waals surface area contributed by atoms with E-state index in [-0.39, 0.29) is 17.9 Å². The van der Waals surface area contributed by atoms with E-state index in [4.69, 9.17) is 10.7 Å². The van der Waals surface area contributed by atoms with Crippen molar-refractivity contribution >= 4 is 33.3 Å². The van der Waals surface area contributed by atoms with E-state index >= 15 is 0 Å². The number of anilines is 1. The zero-order valence-electron chi connectivity index (χ0n) is 18.6. The number of hydrogen-bond acceptors (Lipinski definition) is 6. The molecule has 3 atom stereocenters. The molecule has 1 aromatic carbocycles. The third kappa shape index (κ3) is 4.11. The molecule has 4 heterocycles. The van der Waals surface area contributed by atoms with Crippen LogP contribution in [0.15, 0.2) is 42.0 Å². The van der Waals surface area contributed by atoms with Crippen molar-refractivity contribution in [3.05, 3.63) is 42.0 Å². The highest BCUT2D eigenvalue weighted by Crippen LogP contribution is 2.40. The number of nitrogens with zero attached hydrogens (tertiary/aromatic N) is 4. The van der Waals surface area contributed by atoms with Gasteiger partial charge in [-0.05, 0) is 57.7 Å². The van der Waals surface area contributed by atoms with Gasteiger partial charge in [0.25, 0.3) is 0 Å². The Balaban J connectivity index is 1.49. The van der Waals surface area contributed by atoms with E-state index in [1.807, 2.05) is 6.07 Å². The van der Waals surface area contributed by atoms with Gasteiger partial charge in [0.1, 0.15) is 17.0 Å². The van der Waals surface area contributed by atoms with Crippen molar-refractivity contribution in [3.63, 3.8) is 0 Å². The van der Waals surface area contributed by atoms with E-state index in [1.54, 1.807) is 17.7 Å². The Morgan fingerprint density at radius 1 is 1.12 bits per heavy atom. The van der Waals surface area contributed by atoms with Crippen molar-refractivity contribution in [2.75, 3.05) is 25.0 Å². The normalized spacial score (nSPS) is 24.3. The van der Waals surface area contributed by atoms with Crippen molar-refractivity contribution in [3.8, 4) is 11.1 Å². The predicted molar refractivity (Wildman–Crippen MR) is 131 cm³/mol. The van der Waals surface area contributed by atoms with Crippen LogP contribution in [0.2, 0.25) is 0 Å². The number of hydrogen-bond donors (Lipinski definition) is 1. The van der Waals surface area contributed by atoms with E-state index in [0.717, 1.165) is 48.3 Å². The molecule has 7 heteroatoms. The number of nitrogens with two attached hydrogens (primary N) is 1. The number of thiophene rings is 1. The lowest BCUT2D eigenvalue weighted by molar-refractivity contribution is -0.122. The minimum atomic E-state index is -0.166. The Morgan fingerprint density at radius 3 is 2.69 bits per heavy atom. The summed E-state index contributed by atoms with van der Waals surface area (Å²) in [4.78, 5) is 27.3. The SMILES string of the molecule is CN1CCCC1CCC1CC(C(N)=O)CCN1c1ncnc2scc(-c3ccccc3)c12. The van der Waals surface area contributed by atoms with Crippen molar-refractivity contribution < 1.29 is 4.79 Å². The van der Waals surface area contributed by atoms with Gasteiger partial charge in [0.05, 0.1) is 5.39 Å². The Hall–Kier alpha value is -2.51. The van der Waals surface area contributed by atoms with E-state index in [0.29, 0.717) is 6.04 Å². The average molecular weight is 450 g/mol. The molecule has 3 aromatic rings. The molecule has 0 aliphatic carbocycles. The summed E-state index contributed by atoms with van der Waals surface area (Å²) in [6, 6.07) is 11.4. The Morgan fingerprint density at radius 2 is 1.94 bits per heavy atom. The zero-order chi connectivity index (χ0) is 22.1. The largest absolute Gasteiger partial charge is 0.369 e. The monoisotopic (exact) mass is 449 g/mol. The maximum atomic E-state index is 12.0. The number of carbonyl (C=O) groups is 1. The van der Waals surface area contributed by atoms with Crippen molar-refractivity contribution in [2.45, 2.75) is 50.6 Å². The summed E-state index contributed by atoms with van der Waals surface area (Å²) in [6.45, 7) is 1.99. The minimum Gasteiger partial charge on any atom is -0.369 e. The molecule has 3 unspecified atom stereocenters. The number of aromatic nitrogens is 2. The number of benzene rings is 1. The van der Waals surface area contributed by atoms with Gasteiger partial charge in [-0.2, -0.15) is 0 Å². The summed E-state index contributed by atoms with van der Waals surface area (Å²) < 4.78 is 0. The molecule has 32 heavy (non-hydrogen) atoms. The van der Waals surface area contributed by atoms with Gasteiger partial charge in [-0.15, -0.1) is 11.3 Å². The van der Waals surface area contributed by atoms with Crippen LogP contribution in [0, 0.1) is 5.92 Å². The van der Waals surface area contributed by atoms with Gasteiger partial charge in [-0.3, -0.25) is 4.79 Å². The molecular weight excluding hydrogens is 418 g/mol. The first-order valence-corrected chi connectivity index (χ1v) is 12.5. The molecule has 5 rings (SSSR count). The van der Waals surface area contributed by atoms with Crippen LogP contribution in [-0.2, 0) is 4.79 Å². The quantitative estimate of drug-likeness (QED) is 0.607. The van der Waals surface area contributed by atoms with Crippen LogP contribution in [0.1, 0.15) is 38.5 Å². The van der Waals surface area contributed by atoms with Gasteiger partial charge in [0, 0.05) is 35.5 Å². The van der Waals surface area contributed by atoms with E-state index in [1.165, 1.54) is 30.5 Å². The van der Waals surface area contributed by atoms with Gasteiger partial charge < -0.3 is 15.5 Å². The Bertz CT molecular complexity index is 1080. The second-order valence-corrected chi connectivity index (χ2v) is 10.1. The zero-order valence-corrected chi connectivity index (χ0v) is 19.4. The molecule has 2 aliphatic heterocycles. The summed E-state index contributed by atoms with van der Waals surface area (Å²) >= 11 is 1.67. The molecule has 0 radical (unpaired) electrons. The van der Waals surface area contributed by atoms with Crippen molar-refractivity contribution in [2.24, 2.45) is 11.7 Å². The molecule has 2 N–H and O–H groups in total. The first-order chi connectivity index (χ1) is 15.6. The summed E-state index contributed by atoms with van der Waals surface area (Å²) in [5, 5.41) is 3.32. The van der Waals surface area contributed by atoms with Crippen LogP contribution in [0.4, 0.5) is 5.82 Å². The topological polar surface area (TPSA) is 75.3 Å². The highest BCUT2D eigenvalue weighted by molar-refractivity contribution is 7.17. The second kappa shape index (κ2) is 9.16. The predicted octanol–water partition coefficient (Wildman–Crippen LogP) is 4.30. The van der Waals surface area contributed by atoms with Crippen LogP contribution < -0.4 is 10.6 Å². The van der Waals surface area contributed by atoms with E-state index < -0.39 is 0 Å². The average Bonchev–Trinajstić information content (AvgIpc) is 3.44. The molecule has 0 bridgehead atoms. The highest BCUT2D eigenvalue weighted by Gasteiger charge is 2.34. The summed E-state index contributed by atoms with van der Waals surface area (Å²) in [6.07, 6.45) is 8.02. The second-order valence-electron chi connectivity index (χ2n) is 9.22. The van der Waals surface area contributed by atoms with Crippen LogP contribution in [0.25, 0.3) is 21.3 Å². The maximum Gasteiger partial charge on any atom is 0.220 e. The van der Waals surface area contributed by atoms with Crippen molar-refractivity contribution in [1.29, 1.82) is 0 Å². The molecular formula is C25H31N5OS. The lowest BCUT2D eigenvalue weighted by Crippen LogP contribution is -2.46. The lowest BCUT2D eigenvalue weighted by Gasteiger charge is -2.40. The molecule has 2 aromatic heterocycles. The first kappa shape index (κ1) is 21.3. The number of fused-ring (bicyclic) bond motifs is 1. The van der Waals surface area contributed by atoms with E-state index in [2.05, 4.69) is 51.5 Å². The van der Waals surface area contributed by atoms with Gasteiger partial charge in [-0.1, -0.05) is 30.3 Å². The fourth-order valence-electron chi connectivity index (χ4n) is 5.50. The number of amides is 1. The lowest BCUT2D eigenvalue weighted by atomic mass is 9.87. The number of primary amides is 1. The molecule has 0 saturated carbocycles. The standard InChI is InChI=1S/C25H31N5OS/c1-29-12-5-8-19(29)9-10-20-14-18(23(26)31)11-13-30(20)24-22-21(17-6-3-2-4-7-17)15-32-25(22)28-16-27-24/h2-4,6-7,15-16,18-20H,5,8-14H2,1H3,(H2,26,31). The molecule has 1 amide bonds. The minimum absolute atomic E-state index is 0.0500. The Labute approximate surface area is 193 Å². The number of likely N-dealkylation sites (tertiary alicyclic amines) is 1. The number of carbonyl (C=O) groups excluding carboxylic acids is 1. The number of piperidine rings is 1. The van der Waals surface area contributed by atoms with Crippen LogP contribution in [0.3, 0.4) is 0 Å². The third-order valence-corrected chi connectivity index (χ3v) is 8.22. The Kier molecular flexibility index (Phi) is 6.11. The molecule has 0 spiro atoms. The van der Waals surface area contributed by atoms with Gasteiger partial charge in [0.2, 0.25) is 5.91 Å². The van der Waals surface area contributed by atoms with Gasteiger partial charge in [0.15, 0.2) is 0 Å². The fraction of sp³-hybridized carbons (Fsp3) is 0.480. The molecule has 6 nitrogen and oxygen atoms in total. The number of rotatable bonds is 6.